The van der Waals surface area contributed by atoms with Crippen molar-refractivity contribution in [1.82, 2.24) is 4.90 Å². The molecule has 1 unspecified atom stereocenters. The molecule has 2 heterocycles. The summed E-state index contributed by atoms with van der Waals surface area (Å²) in [6.45, 7) is 8.97. The highest BCUT2D eigenvalue weighted by atomic mass is 16.5. The maximum absolute atomic E-state index is 13.9. The largest absolute Gasteiger partial charge is 0.494 e. The minimum atomic E-state index is -0.541. The molecule has 0 aliphatic carbocycles. The van der Waals surface area contributed by atoms with Crippen LogP contribution in [-0.4, -0.2) is 17.4 Å². The second kappa shape index (κ2) is 9.06. The average molecular weight is 468 g/mol. The minimum Gasteiger partial charge on any atom is -0.494 e. The van der Waals surface area contributed by atoms with E-state index in [9.17, 15) is 9.59 Å². The van der Waals surface area contributed by atoms with Crippen molar-refractivity contribution in [3.8, 4) is 5.75 Å². The van der Waals surface area contributed by atoms with Crippen LogP contribution in [0.4, 0.5) is 0 Å². The fourth-order valence-electron chi connectivity index (χ4n) is 4.88. The predicted octanol–water partition coefficient (Wildman–Crippen LogP) is 6.25. The first-order chi connectivity index (χ1) is 16.9. The number of hydrogen-bond acceptors (Lipinski definition) is 4. The molecule has 4 aromatic rings. The van der Waals surface area contributed by atoms with Crippen LogP contribution in [0.5, 0.6) is 5.75 Å². The Morgan fingerprint density at radius 1 is 0.914 bits per heavy atom. The lowest BCUT2D eigenvalue weighted by molar-refractivity contribution is 0.0714. The molecule has 0 fully saturated rings. The van der Waals surface area contributed by atoms with E-state index in [1.165, 1.54) is 0 Å². The first-order valence-electron chi connectivity index (χ1n) is 12.0. The zero-order chi connectivity index (χ0) is 24.7. The predicted molar refractivity (Wildman–Crippen MR) is 137 cm³/mol. The quantitative estimate of drug-likeness (QED) is 0.336. The third-order valence-electron chi connectivity index (χ3n) is 6.55. The molecule has 35 heavy (non-hydrogen) atoms. The lowest BCUT2D eigenvalue weighted by Crippen LogP contribution is -2.29. The number of carbonyl (C=O) groups excluding carboxylic acids is 1. The molecule has 0 bridgehead atoms. The van der Waals surface area contributed by atoms with Gasteiger partial charge in [-0.25, -0.2) is 0 Å². The van der Waals surface area contributed by atoms with Gasteiger partial charge in [0.2, 0.25) is 5.76 Å². The number of rotatable bonds is 6. The molecule has 5 heteroatoms. The minimum absolute atomic E-state index is 0.135. The molecule has 5 rings (SSSR count). The molecule has 178 valence electrons. The van der Waals surface area contributed by atoms with Crippen molar-refractivity contribution in [2.45, 2.75) is 46.7 Å². The molecule has 1 aliphatic heterocycles. The van der Waals surface area contributed by atoms with Crippen molar-refractivity contribution in [3.63, 3.8) is 0 Å². The summed E-state index contributed by atoms with van der Waals surface area (Å²) >= 11 is 0. The van der Waals surface area contributed by atoms with Crippen molar-refractivity contribution in [2.75, 3.05) is 6.61 Å². The van der Waals surface area contributed by atoms with Crippen LogP contribution in [0.2, 0.25) is 0 Å². The topological polar surface area (TPSA) is 59.8 Å². The number of carbonyl (C=O) groups is 1. The van der Waals surface area contributed by atoms with E-state index in [1.807, 2.05) is 81.4 Å². The molecule has 1 aliphatic rings. The molecule has 0 N–H and O–H groups in total. The van der Waals surface area contributed by atoms with Gasteiger partial charge in [-0.15, -0.1) is 0 Å². The first kappa shape index (κ1) is 22.9. The van der Waals surface area contributed by atoms with Gasteiger partial charge in [0.1, 0.15) is 11.3 Å². The van der Waals surface area contributed by atoms with Gasteiger partial charge in [0.25, 0.3) is 5.91 Å². The normalized spacial score (nSPS) is 15.0. The maximum atomic E-state index is 13.9. The lowest BCUT2D eigenvalue weighted by atomic mass is 9.96. The van der Waals surface area contributed by atoms with Gasteiger partial charge in [-0.05, 0) is 67.6 Å². The number of amides is 1. The summed E-state index contributed by atoms with van der Waals surface area (Å²) in [5, 5.41) is 0.534. The number of fused-ring (bicyclic) bond motifs is 2. The van der Waals surface area contributed by atoms with Crippen molar-refractivity contribution in [2.24, 2.45) is 0 Å². The summed E-state index contributed by atoms with van der Waals surface area (Å²) in [4.78, 5) is 29.3. The van der Waals surface area contributed by atoms with Crippen LogP contribution in [0, 0.1) is 20.8 Å². The van der Waals surface area contributed by atoms with Crippen LogP contribution in [0.3, 0.4) is 0 Å². The summed E-state index contributed by atoms with van der Waals surface area (Å²) in [5.74, 6) is 0.632. The van der Waals surface area contributed by atoms with Crippen molar-refractivity contribution >= 4 is 16.9 Å². The van der Waals surface area contributed by atoms with Crippen LogP contribution in [-0.2, 0) is 6.54 Å². The van der Waals surface area contributed by atoms with Crippen molar-refractivity contribution in [3.05, 3.63) is 110 Å². The number of hydrogen-bond donors (Lipinski definition) is 0. The Morgan fingerprint density at radius 2 is 1.63 bits per heavy atom. The van der Waals surface area contributed by atoms with E-state index in [4.69, 9.17) is 9.15 Å². The van der Waals surface area contributed by atoms with Gasteiger partial charge in [0, 0.05) is 6.54 Å². The molecule has 0 spiro atoms. The van der Waals surface area contributed by atoms with Gasteiger partial charge in [-0.1, -0.05) is 55.0 Å². The van der Waals surface area contributed by atoms with E-state index < -0.39 is 6.04 Å². The van der Waals surface area contributed by atoms with Gasteiger partial charge in [-0.2, -0.15) is 0 Å². The summed E-state index contributed by atoms with van der Waals surface area (Å²) < 4.78 is 11.9. The van der Waals surface area contributed by atoms with Gasteiger partial charge in [0.05, 0.1) is 23.6 Å². The van der Waals surface area contributed by atoms with Crippen LogP contribution in [0.15, 0.2) is 69.9 Å². The van der Waals surface area contributed by atoms with Gasteiger partial charge in [0.15, 0.2) is 5.43 Å². The molecule has 0 radical (unpaired) electrons. The van der Waals surface area contributed by atoms with Crippen LogP contribution in [0.25, 0.3) is 11.0 Å². The second-order valence-electron chi connectivity index (χ2n) is 9.37. The first-order valence-corrected chi connectivity index (χ1v) is 12.0. The average Bonchev–Trinajstić information content (AvgIpc) is 3.11. The van der Waals surface area contributed by atoms with Crippen molar-refractivity contribution in [1.29, 1.82) is 0 Å². The highest BCUT2D eigenvalue weighted by Gasteiger charge is 2.42. The van der Waals surface area contributed by atoms with Gasteiger partial charge >= 0.3 is 0 Å². The van der Waals surface area contributed by atoms with Crippen LogP contribution >= 0.6 is 0 Å². The second-order valence-corrected chi connectivity index (χ2v) is 9.37. The molecule has 3 aromatic carbocycles. The standard InChI is InChI=1S/C30H29NO4/c1-5-14-34-23-12-10-22(11-13-23)27-26-28(32)25-20(4)15-19(3)16-24(25)35-29(26)30(33)31(27)17-21-8-6-18(2)7-9-21/h6-13,15-16,27H,5,14,17H2,1-4H3. The summed E-state index contributed by atoms with van der Waals surface area (Å²) in [6.07, 6.45) is 0.920. The van der Waals surface area contributed by atoms with E-state index in [0.29, 0.717) is 29.7 Å². The third-order valence-corrected chi connectivity index (χ3v) is 6.55. The SMILES string of the molecule is CCCOc1ccc(C2c3c(oc4cc(C)cc(C)c4c3=O)C(=O)N2Cc2ccc(C)cc2)cc1. The van der Waals surface area contributed by atoms with Crippen molar-refractivity contribution < 1.29 is 13.9 Å². The maximum Gasteiger partial charge on any atom is 0.291 e. The molecule has 1 amide bonds. The monoisotopic (exact) mass is 467 g/mol. The summed E-state index contributed by atoms with van der Waals surface area (Å²) in [7, 11) is 0. The molecular weight excluding hydrogens is 438 g/mol. The highest BCUT2D eigenvalue weighted by molar-refractivity contribution is 5.99. The number of aryl methyl sites for hydroxylation is 3. The Morgan fingerprint density at radius 3 is 2.31 bits per heavy atom. The molecule has 5 nitrogen and oxygen atoms in total. The Hall–Kier alpha value is -3.86. The van der Waals surface area contributed by atoms with E-state index in [1.54, 1.807) is 4.90 Å². The smallest absolute Gasteiger partial charge is 0.291 e. The molecule has 0 saturated carbocycles. The summed E-state index contributed by atoms with van der Waals surface area (Å²) in [5.41, 5.74) is 5.55. The van der Waals surface area contributed by atoms with E-state index >= 15 is 0 Å². The van der Waals surface area contributed by atoms with E-state index in [0.717, 1.165) is 40.0 Å². The molecule has 1 atom stereocenters. The fourth-order valence-corrected chi connectivity index (χ4v) is 4.88. The number of ether oxygens (including phenoxy) is 1. The molecule has 1 aromatic heterocycles. The zero-order valence-electron chi connectivity index (χ0n) is 20.6. The Labute approximate surface area is 205 Å². The Kier molecular flexibility index (Phi) is 5.93. The highest BCUT2D eigenvalue weighted by Crippen LogP contribution is 2.40. The third kappa shape index (κ3) is 4.12. The molecule has 0 saturated heterocycles. The van der Waals surface area contributed by atoms with Gasteiger partial charge < -0.3 is 14.1 Å². The lowest BCUT2D eigenvalue weighted by Gasteiger charge is -2.25. The fraction of sp³-hybridized carbons (Fsp3) is 0.267. The van der Waals surface area contributed by atoms with E-state index in [-0.39, 0.29) is 17.1 Å². The molecular formula is C30H29NO4. The van der Waals surface area contributed by atoms with Crippen LogP contribution in [0.1, 0.15) is 63.3 Å². The Balaban J connectivity index is 1.67. The zero-order valence-corrected chi connectivity index (χ0v) is 20.6. The Bertz CT molecular complexity index is 1470. The number of nitrogens with zero attached hydrogens (tertiary/aromatic N) is 1. The van der Waals surface area contributed by atoms with Gasteiger partial charge in [-0.3, -0.25) is 9.59 Å². The van der Waals surface area contributed by atoms with Crippen LogP contribution < -0.4 is 10.2 Å². The number of benzene rings is 3. The van der Waals surface area contributed by atoms with E-state index in [2.05, 4.69) is 6.92 Å². The summed E-state index contributed by atoms with van der Waals surface area (Å²) in [6, 6.07) is 19.0.